The van der Waals surface area contributed by atoms with E-state index >= 15 is 0 Å². The molecule has 0 atom stereocenters. The largest absolute Gasteiger partial charge is 0.396 e. The molecule has 6 heteroatoms. The van der Waals surface area contributed by atoms with Gasteiger partial charge in [-0.2, -0.15) is 11.8 Å². The summed E-state index contributed by atoms with van der Waals surface area (Å²) in [5.41, 5.74) is 0. The number of aliphatic hydroxyl groups excluding tert-OH is 1. The summed E-state index contributed by atoms with van der Waals surface area (Å²) in [7, 11) is 0. The van der Waals surface area contributed by atoms with Crippen molar-refractivity contribution in [3.8, 4) is 0 Å². The van der Waals surface area contributed by atoms with E-state index in [2.05, 4.69) is 15.5 Å². The minimum Gasteiger partial charge on any atom is -0.396 e. The van der Waals surface area contributed by atoms with Crippen LogP contribution in [0.15, 0.2) is 0 Å². The van der Waals surface area contributed by atoms with Crippen molar-refractivity contribution >= 4 is 17.7 Å². The molecule has 100 valence electrons. The lowest BCUT2D eigenvalue weighted by molar-refractivity contribution is -0.122. The lowest BCUT2D eigenvalue weighted by atomic mass is 10.3. The van der Waals surface area contributed by atoms with Gasteiger partial charge in [-0.15, -0.1) is 0 Å². The van der Waals surface area contributed by atoms with Gasteiger partial charge in [0.05, 0.1) is 6.54 Å². The number of aliphatic hydroxyl groups is 1. The summed E-state index contributed by atoms with van der Waals surface area (Å²) in [6.07, 6.45) is 0.833. The summed E-state index contributed by atoms with van der Waals surface area (Å²) < 4.78 is 0. The fourth-order valence-corrected chi connectivity index (χ4v) is 2.44. The summed E-state index contributed by atoms with van der Waals surface area (Å²) in [4.78, 5) is 13.7. The number of hydrogen-bond acceptors (Lipinski definition) is 5. The summed E-state index contributed by atoms with van der Waals surface area (Å²) in [6, 6.07) is 0. The van der Waals surface area contributed by atoms with E-state index in [9.17, 15) is 4.79 Å². The van der Waals surface area contributed by atoms with Gasteiger partial charge in [-0.1, -0.05) is 0 Å². The molecule has 1 aliphatic heterocycles. The first kappa shape index (κ1) is 14.8. The van der Waals surface area contributed by atoms with Crippen LogP contribution in [0, 0.1) is 0 Å². The molecule has 0 bridgehead atoms. The minimum absolute atomic E-state index is 0.120. The summed E-state index contributed by atoms with van der Waals surface area (Å²) >= 11 is 1.77. The third-order valence-corrected chi connectivity index (χ3v) is 3.66. The van der Waals surface area contributed by atoms with Crippen LogP contribution in [0.1, 0.15) is 6.42 Å². The van der Waals surface area contributed by atoms with E-state index in [1.165, 1.54) is 0 Å². The molecule has 0 aliphatic carbocycles. The highest BCUT2D eigenvalue weighted by Gasteiger charge is 2.12. The van der Waals surface area contributed by atoms with Gasteiger partial charge < -0.3 is 15.7 Å². The van der Waals surface area contributed by atoms with Gasteiger partial charge in [0, 0.05) is 45.1 Å². The standard InChI is InChI=1S/C11H23N3O2S/c15-7-1-8-17-9-4-13-11(16)10-14-5-2-12-3-6-14/h12,15H,1-10H2,(H,13,16). The molecule has 0 spiro atoms. The zero-order chi connectivity index (χ0) is 12.3. The molecule has 1 amide bonds. The topological polar surface area (TPSA) is 64.6 Å². The Kier molecular flexibility index (Phi) is 8.42. The van der Waals surface area contributed by atoms with E-state index in [1.54, 1.807) is 11.8 Å². The van der Waals surface area contributed by atoms with Crippen molar-refractivity contribution in [1.29, 1.82) is 0 Å². The SMILES string of the molecule is O=C(CN1CCNCC1)NCCSCCCO. The van der Waals surface area contributed by atoms with Crippen LogP contribution in [0.2, 0.25) is 0 Å². The molecule has 0 saturated carbocycles. The quantitative estimate of drug-likeness (QED) is 0.496. The highest BCUT2D eigenvalue weighted by molar-refractivity contribution is 7.99. The Morgan fingerprint density at radius 2 is 2.12 bits per heavy atom. The van der Waals surface area contributed by atoms with Gasteiger partial charge in [-0.3, -0.25) is 9.69 Å². The first-order chi connectivity index (χ1) is 8.33. The Labute approximate surface area is 107 Å². The van der Waals surface area contributed by atoms with Crippen LogP contribution in [-0.2, 0) is 4.79 Å². The number of rotatable bonds is 8. The molecule has 0 unspecified atom stereocenters. The third-order valence-electron chi connectivity index (χ3n) is 2.59. The van der Waals surface area contributed by atoms with Gasteiger partial charge in [0.1, 0.15) is 0 Å². The van der Waals surface area contributed by atoms with Gasteiger partial charge in [0.2, 0.25) is 5.91 Å². The van der Waals surface area contributed by atoms with Crippen LogP contribution in [0.5, 0.6) is 0 Å². The van der Waals surface area contributed by atoms with Gasteiger partial charge in [0.15, 0.2) is 0 Å². The van der Waals surface area contributed by atoms with Crippen LogP contribution < -0.4 is 10.6 Å². The van der Waals surface area contributed by atoms with E-state index in [-0.39, 0.29) is 12.5 Å². The van der Waals surface area contributed by atoms with Crippen molar-refractivity contribution in [2.24, 2.45) is 0 Å². The molecular weight excluding hydrogens is 238 g/mol. The fraction of sp³-hybridized carbons (Fsp3) is 0.909. The second-order valence-electron chi connectivity index (χ2n) is 4.07. The summed E-state index contributed by atoms with van der Waals surface area (Å²) in [5, 5.41) is 14.8. The molecular formula is C11H23N3O2S. The smallest absolute Gasteiger partial charge is 0.234 e. The van der Waals surface area contributed by atoms with E-state index in [0.29, 0.717) is 6.54 Å². The number of nitrogens with zero attached hydrogens (tertiary/aromatic N) is 1. The molecule has 0 aromatic rings. The number of thioether (sulfide) groups is 1. The van der Waals surface area contributed by atoms with Crippen molar-refractivity contribution in [2.45, 2.75) is 6.42 Å². The predicted molar refractivity (Wildman–Crippen MR) is 71.3 cm³/mol. The molecule has 1 fully saturated rings. The van der Waals surface area contributed by atoms with Crippen LogP contribution in [0.4, 0.5) is 0 Å². The molecule has 3 N–H and O–H groups in total. The van der Waals surface area contributed by atoms with E-state index < -0.39 is 0 Å². The van der Waals surface area contributed by atoms with Crippen LogP contribution in [0.25, 0.3) is 0 Å². The van der Waals surface area contributed by atoms with Gasteiger partial charge >= 0.3 is 0 Å². The lowest BCUT2D eigenvalue weighted by Crippen LogP contribution is -2.47. The van der Waals surface area contributed by atoms with Crippen molar-refractivity contribution in [1.82, 2.24) is 15.5 Å². The van der Waals surface area contributed by atoms with Crippen molar-refractivity contribution in [2.75, 3.05) is 57.4 Å². The fourth-order valence-electron chi connectivity index (χ4n) is 1.66. The number of carbonyl (C=O) groups is 1. The molecule has 1 heterocycles. The van der Waals surface area contributed by atoms with Gasteiger partial charge in [-0.25, -0.2) is 0 Å². The second-order valence-corrected chi connectivity index (χ2v) is 5.29. The maximum Gasteiger partial charge on any atom is 0.234 e. The average molecular weight is 261 g/mol. The van der Waals surface area contributed by atoms with E-state index in [0.717, 1.165) is 50.7 Å². The highest BCUT2D eigenvalue weighted by atomic mass is 32.2. The summed E-state index contributed by atoms with van der Waals surface area (Å²) in [6.45, 7) is 5.36. The van der Waals surface area contributed by atoms with E-state index in [4.69, 9.17) is 5.11 Å². The van der Waals surface area contributed by atoms with Crippen molar-refractivity contribution < 1.29 is 9.90 Å². The first-order valence-corrected chi connectivity index (χ1v) is 7.37. The molecule has 5 nitrogen and oxygen atoms in total. The summed E-state index contributed by atoms with van der Waals surface area (Å²) in [5.74, 6) is 2.01. The second kappa shape index (κ2) is 9.70. The monoisotopic (exact) mass is 261 g/mol. The number of amides is 1. The number of piperazine rings is 1. The van der Waals surface area contributed by atoms with Gasteiger partial charge in [0.25, 0.3) is 0 Å². The Bertz CT molecular complexity index is 211. The average Bonchev–Trinajstić information content (AvgIpc) is 2.35. The number of carbonyl (C=O) groups excluding carboxylic acids is 1. The van der Waals surface area contributed by atoms with Crippen LogP contribution in [0.3, 0.4) is 0 Å². The maximum atomic E-state index is 11.6. The molecule has 0 aromatic heterocycles. The Balaban J connectivity index is 1.93. The minimum atomic E-state index is 0.120. The molecule has 1 rings (SSSR count). The zero-order valence-electron chi connectivity index (χ0n) is 10.3. The molecule has 0 aromatic carbocycles. The highest BCUT2D eigenvalue weighted by Crippen LogP contribution is 2.00. The number of nitrogens with one attached hydrogen (secondary N) is 2. The lowest BCUT2D eigenvalue weighted by Gasteiger charge is -2.26. The first-order valence-electron chi connectivity index (χ1n) is 6.21. The van der Waals surface area contributed by atoms with Gasteiger partial charge in [-0.05, 0) is 12.2 Å². The molecule has 1 aliphatic rings. The number of hydrogen-bond donors (Lipinski definition) is 3. The van der Waals surface area contributed by atoms with Crippen LogP contribution in [-0.4, -0.2) is 73.3 Å². The molecule has 0 radical (unpaired) electrons. The van der Waals surface area contributed by atoms with Crippen molar-refractivity contribution in [3.05, 3.63) is 0 Å². The molecule has 17 heavy (non-hydrogen) atoms. The maximum absolute atomic E-state index is 11.6. The Morgan fingerprint density at radius 1 is 1.35 bits per heavy atom. The third kappa shape index (κ3) is 7.59. The Hall–Kier alpha value is -0.300. The molecule has 1 saturated heterocycles. The van der Waals surface area contributed by atoms with Crippen molar-refractivity contribution in [3.63, 3.8) is 0 Å². The van der Waals surface area contributed by atoms with Crippen LogP contribution >= 0.6 is 11.8 Å². The van der Waals surface area contributed by atoms with E-state index in [1.807, 2.05) is 0 Å². The zero-order valence-corrected chi connectivity index (χ0v) is 11.1. The Morgan fingerprint density at radius 3 is 2.82 bits per heavy atom. The normalized spacial score (nSPS) is 17.0. The predicted octanol–water partition coefficient (Wildman–Crippen LogP) is -0.877.